The van der Waals surface area contributed by atoms with Gasteiger partial charge in [0.1, 0.15) is 18.1 Å². The summed E-state index contributed by atoms with van der Waals surface area (Å²) in [6.45, 7) is 1.21. The van der Waals surface area contributed by atoms with Crippen molar-refractivity contribution in [1.29, 1.82) is 0 Å². The second-order valence-electron chi connectivity index (χ2n) is 7.12. The molecule has 10 heteroatoms. The van der Waals surface area contributed by atoms with Crippen molar-refractivity contribution in [2.45, 2.75) is 44.2 Å². The van der Waals surface area contributed by atoms with Crippen molar-refractivity contribution < 1.29 is 19.7 Å². The number of H-pyrrole nitrogens is 1. The number of aromatic amines is 1. The lowest BCUT2D eigenvalue weighted by Crippen LogP contribution is -2.49. The van der Waals surface area contributed by atoms with Gasteiger partial charge in [-0.3, -0.25) is 19.1 Å². The molecule has 0 bridgehead atoms. The number of aryl methyl sites for hydroxylation is 1. The summed E-state index contributed by atoms with van der Waals surface area (Å²) in [6, 6.07) is 5.00. The van der Waals surface area contributed by atoms with Crippen molar-refractivity contribution in [3.05, 3.63) is 62.4 Å². The number of aromatic nitrogens is 2. The molecule has 156 valence electrons. The highest BCUT2D eigenvalue weighted by Crippen LogP contribution is 2.27. The number of ether oxygens (including phenoxy) is 1. The number of phenols is 1. The molecule has 6 N–H and O–H groups in total. The number of nitrogens with one attached hydrogen (secondary N) is 2. The number of aliphatic hydroxyl groups excluding tert-OH is 1. The van der Waals surface area contributed by atoms with E-state index >= 15 is 0 Å². The summed E-state index contributed by atoms with van der Waals surface area (Å²) in [5.74, 6) is -0.296. The predicted molar refractivity (Wildman–Crippen MR) is 103 cm³/mol. The standard InChI is InChI=1S/C19H24N4O6/c1-10-8-23(19(28)22-17(10)26)16-7-14(15(9-24)29-16)21-18(27)13(20)6-11-2-4-12(25)5-3-11/h2-5,8,13-16,24-25H,6-7,9,20H2,1H3,(H,21,27)(H,22,26,28)/t13?,14-,15+,16+/m0/s1. The predicted octanol–water partition coefficient (Wildman–Crippen LogP) is -1.11. The number of phenolic OH excluding ortho intramolecular Hbond substituents is 1. The van der Waals surface area contributed by atoms with Gasteiger partial charge in [0.05, 0.1) is 18.7 Å². The molecule has 1 fully saturated rings. The van der Waals surface area contributed by atoms with Crippen molar-refractivity contribution >= 4 is 5.91 Å². The number of amides is 1. The maximum atomic E-state index is 12.5. The fourth-order valence-corrected chi connectivity index (χ4v) is 3.29. The Morgan fingerprint density at radius 1 is 1.38 bits per heavy atom. The number of carbonyl (C=O) groups excluding carboxylic acids is 1. The molecule has 1 amide bonds. The van der Waals surface area contributed by atoms with Crippen molar-refractivity contribution in [3.8, 4) is 5.75 Å². The lowest BCUT2D eigenvalue weighted by molar-refractivity contribution is -0.123. The lowest BCUT2D eigenvalue weighted by atomic mass is 10.0. The summed E-state index contributed by atoms with van der Waals surface area (Å²) in [4.78, 5) is 38.3. The molecule has 1 unspecified atom stereocenters. The molecule has 1 aromatic heterocycles. The average Bonchev–Trinajstić information content (AvgIpc) is 3.09. The van der Waals surface area contributed by atoms with E-state index in [4.69, 9.17) is 10.5 Å². The third-order valence-corrected chi connectivity index (χ3v) is 4.93. The van der Waals surface area contributed by atoms with Gasteiger partial charge < -0.3 is 26.0 Å². The van der Waals surface area contributed by atoms with Gasteiger partial charge in [0.25, 0.3) is 5.56 Å². The molecule has 4 atom stereocenters. The quantitative estimate of drug-likeness (QED) is 0.408. The first-order chi connectivity index (χ1) is 13.8. The van der Waals surface area contributed by atoms with Crippen LogP contribution in [0.2, 0.25) is 0 Å². The number of hydrogen-bond acceptors (Lipinski definition) is 7. The van der Waals surface area contributed by atoms with Crippen LogP contribution in [-0.2, 0) is 16.0 Å². The summed E-state index contributed by atoms with van der Waals surface area (Å²) in [5.41, 5.74) is 6.02. The van der Waals surface area contributed by atoms with Crippen molar-refractivity contribution in [1.82, 2.24) is 14.9 Å². The zero-order chi connectivity index (χ0) is 21.1. The highest BCUT2D eigenvalue weighted by Gasteiger charge is 2.38. The van der Waals surface area contributed by atoms with Gasteiger partial charge in [-0.1, -0.05) is 12.1 Å². The number of nitrogens with zero attached hydrogens (tertiary/aromatic N) is 1. The Morgan fingerprint density at radius 2 is 2.07 bits per heavy atom. The van der Waals surface area contributed by atoms with Gasteiger partial charge in [-0.25, -0.2) is 4.79 Å². The summed E-state index contributed by atoms with van der Waals surface area (Å²) < 4.78 is 6.94. The van der Waals surface area contributed by atoms with E-state index < -0.39 is 41.6 Å². The number of hydrogen-bond donors (Lipinski definition) is 5. The molecule has 0 spiro atoms. The Morgan fingerprint density at radius 3 is 2.72 bits per heavy atom. The first kappa shape index (κ1) is 20.8. The molecule has 3 rings (SSSR count). The third kappa shape index (κ3) is 4.73. The van der Waals surface area contributed by atoms with Crippen LogP contribution in [0.4, 0.5) is 0 Å². The normalized spacial score (nSPS) is 22.4. The Balaban J connectivity index is 1.67. The van der Waals surface area contributed by atoms with Crippen molar-refractivity contribution in [2.24, 2.45) is 5.73 Å². The number of benzene rings is 1. The van der Waals surface area contributed by atoms with E-state index in [2.05, 4.69) is 10.3 Å². The molecule has 1 aromatic carbocycles. The fourth-order valence-electron chi connectivity index (χ4n) is 3.29. The molecule has 0 saturated carbocycles. The Bertz CT molecular complexity index is 983. The van der Waals surface area contributed by atoms with Gasteiger partial charge in [-0.2, -0.15) is 0 Å². The fraction of sp³-hybridized carbons (Fsp3) is 0.421. The number of aromatic hydroxyl groups is 1. The van der Waals surface area contributed by atoms with E-state index in [0.29, 0.717) is 5.56 Å². The van der Waals surface area contributed by atoms with Gasteiger partial charge in [-0.05, 0) is 31.0 Å². The van der Waals surface area contributed by atoms with Crippen LogP contribution in [0.3, 0.4) is 0 Å². The van der Waals surface area contributed by atoms with Crippen LogP contribution in [-0.4, -0.2) is 50.5 Å². The summed E-state index contributed by atoms with van der Waals surface area (Å²) >= 11 is 0. The highest BCUT2D eigenvalue weighted by atomic mass is 16.5. The Labute approximate surface area is 165 Å². The molecular weight excluding hydrogens is 380 g/mol. The van der Waals surface area contributed by atoms with E-state index in [1.54, 1.807) is 19.1 Å². The van der Waals surface area contributed by atoms with E-state index in [1.807, 2.05) is 0 Å². The van der Waals surface area contributed by atoms with Crippen LogP contribution in [0.5, 0.6) is 5.75 Å². The second-order valence-corrected chi connectivity index (χ2v) is 7.12. The first-order valence-electron chi connectivity index (χ1n) is 9.20. The highest BCUT2D eigenvalue weighted by molar-refractivity contribution is 5.82. The van der Waals surface area contributed by atoms with Gasteiger partial charge >= 0.3 is 5.69 Å². The van der Waals surface area contributed by atoms with Crippen LogP contribution in [0.1, 0.15) is 23.8 Å². The number of nitrogens with two attached hydrogens (primary N) is 1. The van der Waals surface area contributed by atoms with Crippen LogP contribution < -0.4 is 22.3 Å². The molecule has 2 aromatic rings. The topological polar surface area (TPSA) is 160 Å². The molecule has 0 radical (unpaired) electrons. The molecule has 10 nitrogen and oxygen atoms in total. The lowest BCUT2D eigenvalue weighted by Gasteiger charge is -2.20. The van der Waals surface area contributed by atoms with Crippen LogP contribution >= 0.6 is 0 Å². The Hall–Kier alpha value is -2.95. The number of aliphatic hydroxyl groups is 1. The number of rotatable bonds is 6. The second kappa shape index (κ2) is 8.60. The average molecular weight is 404 g/mol. The molecule has 29 heavy (non-hydrogen) atoms. The van der Waals surface area contributed by atoms with Crippen LogP contribution in [0, 0.1) is 6.92 Å². The zero-order valence-corrected chi connectivity index (χ0v) is 15.9. The molecule has 2 heterocycles. The minimum absolute atomic E-state index is 0.124. The molecule has 0 aliphatic carbocycles. The summed E-state index contributed by atoms with van der Waals surface area (Å²) in [5, 5.41) is 21.7. The van der Waals surface area contributed by atoms with Crippen LogP contribution in [0.15, 0.2) is 40.1 Å². The van der Waals surface area contributed by atoms with E-state index in [-0.39, 0.29) is 25.2 Å². The largest absolute Gasteiger partial charge is 0.508 e. The number of carbonyl (C=O) groups is 1. The minimum atomic E-state index is -0.837. The Kier molecular flexibility index (Phi) is 6.16. The maximum absolute atomic E-state index is 12.5. The van der Waals surface area contributed by atoms with Gasteiger partial charge in [0.15, 0.2) is 0 Å². The van der Waals surface area contributed by atoms with E-state index in [1.165, 1.54) is 22.9 Å². The van der Waals surface area contributed by atoms with Gasteiger partial charge in [-0.15, -0.1) is 0 Å². The monoisotopic (exact) mass is 404 g/mol. The molecule has 1 aliphatic rings. The smallest absolute Gasteiger partial charge is 0.330 e. The molecular formula is C19H24N4O6. The minimum Gasteiger partial charge on any atom is -0.508 e. The molecule has 1 aliphatic heterocycles. The SMILES string of the molecule is Cc1cn([C@H]2C[C@H](NC(=O)C(N)Cc3ccc(O)cc3)[C@@H](CO)O2)c(=O)[nH]c1=O. The summed E-state index contributed by atoms with van der Waals surface area (Å²) in [6.07, 6.45) is 0.429. The van der Waals surface area contributed by atoms with Crippen LogP contribution in [0.25, 0.3) is 0 Å². The third-order valence-electron chi connectivity index (χ3n) is 4.93. The molecule has 1 saturated heterocycles. The first-order valence-corrected chi connectivity index (χ1v) is 9.20. The van der Waals surface area contributed by atoms with Crippen molar-refractivity contribution in [3.63, 3.8) is 0 Å². The van der Waals surface area contributed by atoms with Crippen molar-refractivity contribution in [2.75, 3.05) is 6.61 Å². The summed E-state index contributed by atoms with van der Waals surface area (Å²) in [7, 11) is 0. The maximum Gasteiger partial charge on any atom is 0.330 e. The zero-order valence-electron chi connectivity index (χ0n) is 15.9. The van der Waals surface area contributed by atoms with E-state index in [9.17, 15) is 24.6 Å². The van der Waals surface area contributed by atoms with Gasteiger partial charge in [0, 0.05) is 18.2 Å². The van der Waals surface area contributed by atoms with Gasteiger partial charge in [0.2, 0.25) is 5.91 Å². The van der Waals surface area contributed by atoms with E-state index in [0.717, 1.165) is 5.56 Å².